The zero-order valence-corrected chi connectivity index (χ0v) is 11.7. The van der Waals surface area contributed by atoms with Crippen LogP contribution in [-0.2, 0) is 4.79 Å². The minimum Gasteiger partial charge on any atom is -0.479 e. The van der Waals surface area contributed by atoms with E-state index in [1.165, 1.54) is 6.07 Å². The number of nitrogens with one attached hydrogen (secondary N) is 1. The first kappa shape index (κ1) is 14.9. The Bertz CT molecular complexity index is 688. The first-order chi connectivity index (χ1) is 10.0. The summed E-state index contributed by atoms with van der Waals surface area (Å²) in [7, 11) is 0. The SMILES string of the molecule is Nc1ccccc1C(=O)N[C@@H](C(=O)O)c1ccccc1Cl. The Hall–Kier alpha value is -2.53. The number of carbonyl (C=O) groups excluding carboxylic acids is 1. The van der Waals surface area contributed by atoms with Crippen molar-refractivity contribution >= 4 is 29.2 Å². The standard InChI is InChI=1S/C15H13ClN2O3/c16-11-7-3-1-5-9(11)13(15(20)21)18-14(19)10-6-2-4-8-12(10)17/h1-8,13H,17H2,(H,18,19)(H,20,21)/t13-/m1/s1. The number of aliphatic carboxylic acids is 1. The molecule has 0 bridgehead atoms. The fourth-order valence-corrected chi connectivity index (χ4v) is 2.14. The molecule has 1 amide bonds. The lowest BCUT2D eigenvalue weighted by Crippen LogP contribution is -2.34. The fraction of sp³-hybridized carbons (Fsp3) is 0.0667. The van der Waals surface area contributed by atoms with E-state index in [1.54, 1.807) is 42.5 Å². The second kappa shape index (κ2) is 6.28. The monoisotopic (exact) mass is 304 g/mol. The second-order valence-electron chi connectivity index (χ2n) is 4.35. The Morgan fingerprint density at radius 3 is 2.33 bits per heavy atom. The third-order valence-corrected chi connectivity index (χ3v) is 3.29. The zero-order chi connectivity index (χ0) is 15.4. The number of amides is 1. The van der Waals surface area contributed by atoms with Crippen molar-refractivity contribution in [2.45, 2.75) is 6.04 Å². The lowest BCUT2D eigenvalue weighted by atomic mass is 10.1. The first-order valence-corrected chi connectivity index (χ1v) is 6.51. The van der Waals surface area contributed by atoms with Gasteiger partial charge in [-0.3, -0.25) is 4.79 Å². The Labute approximate surface area is 126 Å². The van der Waals surface area contributed by atoms with Crippen LogP contribution < -0.4 is 11.1 Å². The van der Waals surface area contributed by atoms with E-state index in [1.807, 2.05) is 0 Å². The van der Waals surface area contributed by atoms with Gasteiger partial charge in [0.05, 0.1) is 5.56 Å². The number of rotatable bonds is 4. The van der Waals surface area contributed by atoms with Gasteiger partial charge >= 0.3 is 5.97 Å². The molecule has 2 aromatic rings. The van der Waals surface area contributed by atoms with Crippen LogP contribution in [0.1, 0.15) is 22.0 Å². The maximum absolute atomic E-state index is 12.2. The van der Waals surface area contributed by atoms with Crippen LogP contribution in [0.5, 0.6) is 0 Å². The highest BCUT2D eigenvalue weighted by Crippen LogP contribution is 2.23. The maximum Gasteiger partial charge on any atom is 0.330 e. The van der Waals surface area contributed by atoms with Crippen LogP contribution in [0.4, 0.5) is 5.69 Å². The summed E-state index contributed by atoms with van der Waals surface area (Å²) in [4.78, 5) is 23.6. The number of hydrogen-bond donors (Lipinski definition) is 3. The molecule has 1 atom stereocenters. The topological polar surface area (TPSA) is 92.4 Å². The van der Waals surface area contributed by atoms with E-state index < -0.39 is 17.9 Å². The Morgan fingerprint density at radius 1 is 1.10 bits per heavy atom. The van der Waals surface area contributed by atoms with Crippen LogP contribution in [0.25, 0.3) is 0 Å². The molecule has 0 spiro atoms. The number of halogens is 1. The van der Waals surface area contributed by atoms with Crippen LogP contribution in [0, 0.1) is 0 Å². The summed E-state index contributed by atoms with van der Waals surface area (Å²) in [5.41, 5.74) is 6.52. The third-order valence-electron chi connectivity index (χ3n) is 2.94. The number of nitrogen functional groups attached to an aromatic ring is 1. The average molecular weight is 305 g/mol. The fourth-order valence-electron chi connectivity index (χ4n) is 1.89. The predicted molar refractivity (Wildman–Crippen MR) is 80.1 cm³/mol. The molecule has 6 heteroatoms. The van der Waals surface area contributed by atoms with Gasteiger partial charge in [-0.15, -0.1) is 0 Å². The summed E-state index contributed by atoms with van der Waals surface area (Å²) in [6.07, 6.45) is 0. The van der Waals surface area contributed by atoms with E-state index in [4.69, 9.17) is 17.3 Å². The summed E-state index contributed by atoms with van der Waals surface area (Å²) in [6.45, 7) is 0. The molecule has 2 aromatic carbocycles. The van der Waals surface area contributed by atoms with Gasteiger partial charge < -0.3 is 16.2 Å². The van der Waals surface area contributed by atoms with E-state index in [0.717, 1.165) is 0 Å². The molecule has 0 saturated carbocycles. The van der Waals surface area contributed by atoms with Crippen molar-refractivity contribution in [2.75, 3.05) is 5.73 Å². The van der Waals surface area contributed by atoms with Crippen molar-refractivity contribution < 1.29 is 14.7 Å². The van der Waals surface area contributed by atoms with Gasteiger partial charge in [-0.05, 0) is 18.2 Å². The molecule has 0 saturated heterocycles. The number of carboxylic acid groups (broad SMARTS) is 1. The predicted octanol–water partition coefficient (Wildman–Crippen LogP) is 2.48. The molecule has 108 valence electrons. The number of hydrogen-bond acceptors (Lipinski definition) is 3. The van der Waals surface area contributed by atoms with Crippen molar-refractivity contribution in [3.8, 4) is 0 Å². The molecule has 2 rings (SSSR count). The van der Waals surface area contributed by atoms with Crippen LogP contribution >= 0.6 is 11.6 Å². The number of benzene rings is 2. The average Bonchev–Trinajstić information content (AvgIpc) is 2.45. The van der Waals surface area contributed by atoms with Gasteiger partial charge in [-0.25, -0.2) is 4.79 Å². The van der Waals surface area contributed by atoms with Gasteiger partial charge in [-0.2, -0.15) is 0 Å². The van der Waals surface area contributed by atoms with Crippen molar-refractivity contribution in [3.05, 3.63) is 64.7 Å². The Kier molecular flexibility index (Phi) is 4.45. The highest BCUT2D eigenvalue weighted by atomic mass is 35.5. The number of para-hydroxylation sites is 1. The van der Waals surface area contributed by atoms with Crippen LogP contribution in [0.15, 0.2) is 48.5 Å². The van der Waals surface area contributed by atoms with Crippen LogP contribution in [0.3, 0.4) is 0 Å². The molecule has 0 fully saturated rings. The van der Waals surface area contributed by atoms with E-state index in [-0.39, 0.29) is 16.3 Å². The second-order valence-corrected chi connectivity index (χ2v) is 4.76. The van der Waals surface area contributed by atoms with Gasteiger partial charge in [0.25, 0.3) is 5.91 Å². The van der Waals surface area contributed by atoms with Gasteiger partial charge in [-0.1, -0.05) is 41.9 Å². The molecular weight excluding hydrogens is 292 g/mol. The van der Waals surface area contributed by atoms with Crippen LogP contribution in [-0.4, -0.2) is 17.0 Å². The van der Waals surface area contributed by atoms with Crippen molar-refractivity contribution in [1.82, 2.24) is 5.32 Å². The molecule has 21 heavy (non-hydrogen) atoms. The molecule has 5 nitrogen and oxygen atoms in total. The first-order valence-electron chi connectivity index (χ1n) is 6.13. The van der Waals surface area contributed by atoms with Gasteiger partial charge in [0.2, 0.25) is 0 Å². The molecule has 4 N–H and O–H groups in total. The molecule has 0 heterocycles. The minimum atomic E-state index is -1.24. The van der Waals surface area contributed by atoms with E-state index in [2.05, 4.69) is 5.32 Å². The van der Waals surface area contributed by atoms with Gasteiger partial charge in [0.1, 0.15) is 0 Å². The molecule has 0 aliphatic heterocycles. The normalized spacial score (nSPS) is 11.7. The van der Waals surface area contributed by atoms with E-state index >= 15 is 0 Å². The van der Waals surface area contributed by atoms with Crippen molar-refractivity contribution in [1.29, 1.82) is 0 Å². The minimum absolute atomic E-state index is 0.218. The summed E-state index contributed by atoms with van der Waals surface area (Å²) in [5, 5.41) is 12.0. The summed E-state index contributed by atoms with van der Waals surface area (Å²) in [5.74, 6) is -1.77. The maximum atomic E-state index is 12.2. The third kappa shape index (κ3) is 3.32. The van der Waals surface area contributed by atoms with Gasteiger partial charge in [0.15, 0.2) is 6.04 Å². The molecule has 0 aliphatic rings. The lowest BCUT2D eigenvalue weighted by molar-refractivity contribution is -0.139. The highest BCUT2D eigenvalue weighted by Gasteiger charge is 2.25. The number of nitrogens with two attached hydrogens (primary N) is 1. The smallest absolute Gasteiger partial charge is 0.330 e. The molecule has 0 aliphatic carbocycles. The number of anilines is 1. The summed E-state index contributed by atoms with van der Waals surface area (Å²) in [6, 6.07) is 11.6. The zero-order valence-electron chi connectivity index (χ0n) is 10.9. The molecule has 0 aromatic heterocycles. The van der Waals surface area contributed by atoms with Crippen molar-refractivity contribution in [2.24, 2.45) is 0 Å². The van der Waals surface area contributed by atoms with Crippen molar-refractivity contribution in [3.63, 3.8) is 0 Å². The number of carboxylic acids is 1. The van der Waals surface area contributed by atoms with E-state index in [9.17, 15) is 14.7 Å². The molecule has 0 radical (unpaired) electrons. The van der Waals surface area contributed by atoms with Gasteiger partial charge in [0, 0.05) is 16.3 Å². The largest absolute Gasteiger partial charge is 0.479 e. The van der Waals surface area contributed by atoms with E-state index in [0.29, 0.717) is 5.56 Å². The molecule has 0 unspecified atom stereocenters. The molecular formula is C15H13ClN2O3. The highest BCUT2D eigenvalue weighted by molar-refractivity contribution is 6.31. The Balaban J connectivity index is 2.30. The Morgan fingerprint density at radius 2 is 1.71 bits per heavy atom. The lowest BCUT2D eigenvalue weighted by Gasteiger charge is -2.16. The summed E-state index contributed by atoms with van der Waals surface area (Å²) >= 11 is 5.98. The summed E-state index contributed by atoms with van der Waals surface area (Å²) < 4.78 is 0. The quantitative estimate of drug-likeness (QED) is 0.757. The number of carbonyl (C=O) groups is 2. The van der Waals surface area contributed by atoms with Crippen LogP contribution in [0.2, 0.25) is 5.02 Å².